The largest absolute Gasteiger partial charge is 0.388 e. The molecular formula is C26H32N2O2. The van der Waals surface area contributed by atoms with Crippen LogP contribution in [0.4, 0.5) is 0 Å². The van der Waals surface area contributed by atoms with E-state index in [4.69, 9.17) is 4.84 Å². The number of amides is 1. The molecular weight excluding hydrogens is 372 g/mol. The van der Waals surface area contributed by atoms with Crippen LogP contribution < -0.4 is 0 Å². The molecule has 1 saturated heterocycles. The molecule has 4 nitrogen and oxygen atoms in total. The first-order valence-electron chi connectivity index (χ1n) is 11.0. The van der Waals surface area contributed by atoms with Gasteiger partial charge in [0.25, 0.3) is 0 Å². The molecule has 4 rings (SSSR count). The maximum Gasteiger partial charge on any atom is 0.222 e. The third kappa shape index (κ3) is 4.58. The monoisotopic (exact) mass is 404 g/mol. The molecule has 158 valence electrons. The molecule has 0 saturated carbocycles. The van der Waals surface area contributed by atoms with E-state index < -0.39 is 0 Å². The molecule has 2 aliphatic rings. The highest BCUT2D eigenvalue weighted by Gasteiger charge is 2.43. The van der Waals surface area contributed by atoms with Crippen molar-refractivity contribution in [3.05, 3.63) is 71.3 Å². The van der Waals surface area contributed by atoms with Crippen LogP contribution in [0, 0.1) is 0 Å². The van der Waals surface area contributed by atoms with Gasteiger partial charge in [-0.25, -0.2) is 0 Å². The number of hydrogen-bond acceptors (Lipinski definition) is 3. The van der Waals surface area contributed by atoms with Crippen molar-refractivity contribution < 1.29 is 9.63 Å². The molecule has 4 heteroatoms. The Hall–Kier alpha value is -2.62. The maximum atomic E-state index is 12.7. The van der Waals surface area contributed by atoms with E-state index in [1.165, 1.54) is 11.1 Å². The third-order valence-corrected chi connectivity index (χ3v) is 6.42. The van der Waals surface area contributed by atoms with Crippen LogP contribution in [0.1, 0.15) is 63.1 Å². The molecule has 1 amide bonds. The van der Waals surface area contributed by atoms with Crippen LogP contribution in [0.5, 0.6) is 0 Å². The Bertz CT molecular complexity index is 902. The summed E-state index contributed by atoms with van der Waals surface area (Å²) in [5, 5.41) is 4.37. The van der Waals surface area contributed by atoms with Gasteiger partial charge >= 0.3 is 0 Å². The second-order valence-corrected chi connectivity index (χ2v) is 9.68. The molecule has 30 heavy (non-hydrogen) atoms. The lowest BCUT2D eigenvalue weighted by molar-refractivity contribution is -0.136. The molecule has 0 bridgehead atoms. The Morgan fingerprint density at radius 2 is 1.70 bits per heavy atom. The minimum Gasteiger partial charge on any atom is -0.388 e. The van der Waals surface area contributed by atoms with Gasteiger partial charge in [-0.15, -0.1) is 0 Å². The Balaban J connectivity index is 1.26. The molecule has 0 N–H and O–H groups in total. The van der Waals surface area contributed by atoms with E-state index in [0.717, 1.165) is 50.0 Å². The van der Waals surface area contributed by atoms with Crippen LogP contribution in [-0.4, -0.2) is 35.2 Å². The van der Waals surface area contributed by atoms with Crippen molar-refractivity contribution >= 4 is 11.6 Å². The topological polar surface area (TPSA) is 41.9 Å². The molecule has 2 aliphatic heterocycles. The van der Waals surface area contributed by atoms with Crippen LogP contribution in [0.25, 0.3) is 0 Å². The van der Waals surface area contributed by atoms with Gasteiger partial charge in [-0.05, 0) is 28.5 Å². The van der Waals surface area contributed by atoms with Crippen molar-refractivity contribution in [2.75, 3.05) is 13.1 Å². The van der Waals surface area contributed by atoms with Crippen LogP contribution >= 0.6 is 0 Å². The fourth-order valence-electron chi connectivity index (χ4n) is 4.32. The summed E-state index contributed by atoms with van der Waals surface area (Å²) < 4.78 is 0. The molecule has 0 aromatic heterocycles. The Labute approximate surface area is 179 Å². The van der Waals surface area contributed by atoms with E-state index in [1.807, 2.05) is 23.1 Å². The Morgan fingerprint density at radius 3 is 2.33 bits per heavy atom. The molecule has 2 aromatic rings. The van der Waals surface area contributed by atoms with E-state index in [-0.39, 0.29) is 16.9 Å². The van der Waals surface area contributed by atoms with Crippen molar-refractivity contribution in [1.29, 1.82) is 0 Å². The van der Waals surface area contributed by atoms with Gasteiger partial charge in [0.1, 0.15) is 5.60 Å². The van der Waals surface area contributed by atoms with E-state index in [0.29, 0.717) is 6.42 Å². The van der Waals surface area contributed by atoms with E-state index >= 15 is 0 Å². The van der Waals surface area contributed by atoms with E-state index in [2.05, 4.69) is 62.3 Å². The summed E-state index contributed by atoms with van der Waals surface area (Å²) in [6.45, 7) is 8.16. The number of aryl methyl sites for hydroxylation is 1. The molecule has 0 aliphatic carbocycles. The Morgan fingerprint density at radius 1 is 1.03 bits per heavy atom. The van der Waals surface area contributed by atoms with Crippen LogP contribution in [-0.2, 0) is 21.5 Å². The number of rotatable bonds is 4. The number of oxime groups is 1. The number of piperidine rings is 1. The zero-order valence-corrected chi connectivity index (χ0v) is 18.4. The van der Waals surface area contributed by atoms with Crippen molar-refractivity contribution in [2.45, 2.75) is 63.9 Å². The molecule has 0 atom stereocenters. The summed E-state index contributed by atoms with van der Waals surface area (Å²) in [6, 6.07) is 18.9. The van der Waals surface area contributed by atoms with Crippen LogP contribution in [0.15, 0.2) is 59.8 Å². The van der Waals surface area contributed by atoms with Gasteiger partial charge in [0, 0.05) is 38.8 Å². The van der Waals surface area contributed by atoms with Gasteiger partial charge in [-0.3, -0.25) is 4.79 Å². The first kappa shape index (κ1) is 20.6. The summed E-state index contributed by atoms with van der Waals surface area (Å²) in [6.07, 6.45) is 3.88. The number of carbonyl (C=O) groups excluding carboxylic acids is 1. The predicted molar refractivity (Wildman–Crippen MR) is 121 cm³/mol. The zero-order valence-electron chi connectivity index (χ0n) is 18.4. The predicted octanol–water partition coefficient (Wildman–Crippen LogP) is 5.10. The van der Waals surface area contributed by atoms with Gasteiger partial charge < -0.3 is 9.74 Å². The Kier molecular flexibility index (Phi) is 5.68. The number of benzene rings is 2. The first-order chi connectivity index (χ1) is 14.3. The first-order valence-corrected chi connectivity index (χ1v) is 11.0. The number of nitrogens with zero attached hydrogens (tertiary/aromatic N) is 2. The van der Waals surface area contributed by atoms with E-state index in [1.54, 1.807) is 0 Å². The third-order valence-electron chi connectivity index (χ3n) is 6.42. The minimum absolute atomic E-state index is 0.157. The molecule has 2 aromatic carbocycles. The van der Waals surface area contributed by atoms with Crippen molar-refractivity contribution in [2.24, 2.45) is 5.16 Å². The molecule has 0 radical (unpaired) electrons. The van der Waals surface area contributed by atoms with Crippen molar-refractivity contribution in [1.82, 2.24) is 4.90 Å². The minimum atomic E-state index is -0.231. The fourth-order valence-corrected chi connectivity index (χ4v) is 4.32. The van der Waals surface area contributed by atoms with E-state index in [9.17, 15) is 4.79 Å². The SMILES string of the molecule is CC(C)(C)c1ccc(CCC(=O)N2CCC3(CC2)CC(c2ccccc2)=NO3)cc1. The summed E-state index contributed by atoms with van der Waals surface area (Å²) in [5.74, 6) is 0.243. The van der Waals surface area contributed by atoms with Gasteiger partial charge in [-0.1, -0.05) is 80.5 Å². The average molecular weight is 405 g/mol. The highest BCUT2D eigenvalue weighted by molar-refractivity contribution is 6.01. The number of hydrogen-bond donors (Lipinski definition) is 0. The molecule has 1 spiro atoms. The summed E-state index contributed by atoms with van der Waals surface area (Å²) in [5.41, 5.74) is 4.63. The smallest absolute Gasteiger partial charge is 0.222 e. The van der Waals surface area contributed by atoms with Gasteiger partial charge in [0.15, 0.2) is 0 Å². The second kappa shape index (κ2) is 8.25. The fraction of sp³-hybridized carbons (Fsp3) is 0.462. The molecule has 0 unspecified atom stereocenters. The summed E-state index contributed by atoms with van der Waals surface area (Å²) in [4.78, 5) is 20.6. The van der Waals surface area contributed by atoms with Crippen molar-refractivity contribution in [3.8, 4) is 0 Å². The molecule has 1 fully saturated rings. The highest BCUT2D eigenvalue weighted by atomic mass is 16.7. The lowest BCUT2D eigenvalue weighted by Crippen LogP contribution is -2.46. The number of likely N-dealkylation sites (tertiary alicyclic amines) is 1. The van der Waals surface area contributed by atoms with Crippen LogP contribution in [0.3, 0.4) is 0 Å². The second-order valence-electron chi connectivity index (χ2n) is 9.68. The van der Waals surface area contributed by atoms with Gasteiger partial charge in [0.05, 0.1) is 5.71 Å². The average Bonchev–Trinajstić information content (AvgIpc) is 3.16. The lowest BCUT2D eigenvalue weighted by atomic mass is 9.85. The summed E-state index contributed by atoms with van der Waals surface area (Å²) in [7, 11) is 0. The molecule has 2 heterocycles. The standard InChI is InChI=1S/C26H32N2O2/c1-25(2,3)22-12-9-20(10-13-22)11-14-24(29)28-17-15-26(16-18-28)19-23(27-30-26)21-7-5-4-6-8-21/h4-10,12-13H,11,14-19H2,1-3H3. The van der Waals surface area contributed by atoms with Crippen molar-refractivity contribution in [3.63, 3.8) is 0 Å². The number of carbonyl (C=O) groups is 1. The van der Waals surface area contributed by atoms with Gasteiger partial charge in [0.2, 0.25) is 5.91 Å². The maximum absolute atomic E-state index is 12.7. The summed E-state index contributed by atoms with van der Waals surface area (Å²) >= 11 is 0. The van der Waals surface area contributed by atoms with Gasteiger partial charge in [-0.2, -0.15) is 0 Å². The zero-order chi connectivity index (χ0) is 21.2. The normalized spacial score (nSPS) is 18.2. The van der Waals surface area contributed by atoms with Crippen LogP contribution in [0.2, 0.25) is 0 Å². The lowest BCUT2D eigenvalue weighted by Gasteiger charge is -2.37. The quantitative estimate of drug-likeness (QED) is 0.711. The highest BCUT2D eigenvalue weighted by Crippen LogP contribution is 2.36.